The van der Waals surface area contributed by atoms with Crippen LogP contribution in [-0.2, 0) is 14.9 Å². The van der Waals surface area contributed by atoms with Gasteiger partial charge < -0.3 is 14.6 Å². The van der Waals surface area contributed by atoms with Gasteiger partial charge in [-0.15, -0.1) is 0 Å². The van der Waals surface area contributed by atoms with Crippen LogP contribution < -0.4 is 0 Å². The molecule has 178 valence electrons. The smallest absolute Gasteiger partial charge is 0.342 e. The topological polar surface area (TPSA) is 75.3 Å². The quantitative estimate of drug-likeness (QED) is 0.551. The first-order valence-electron chi connectivity index (χ1n) is 10.8. The molecule has 1 aliphatic heterocycles. The molecular weight excluding hydrogens is 447 g/mol. The second-order valence-corrected chi connectivity index (χ2v) is 8.93. The first-order chi connectivity index (χ1) is 16.2. The molecule has 1 aromatic carbocycles. The Bertz CT molecular complexity index is 1300. The lowest BCUT2D eigenvalue weighted by atomic mass is 9.82. The molecule has 0 radical (unpaired) electrons. The number of hydrogen-bond donors (Lipinski definition) is 1. The van der Waals surface area contributed by atoms with Gasteiger partial charge in [0.15, 0.2) is 6.10 Å². The van der Waals surface area contributed by atoms with Gasteiger partial charge in [-0.2, -0.15) is 0 Å². The molecule has 9 heteroatoms. The van der Waals surface area contributed by atoms with Crippen LogP contribution in [0.5, 0.6) is 0 Å². The first kappa shape index (κ1) is 23.5. The number of carbonyl (C=O) groups excluding carboxylic acids is 2. The summed E-state index contributed by atoms with van der Waals surface area (Å²) < 4.78 is 45.0. The third kappa shape index (κ3) is 4.18. The number of amides is 1. The molecule has 0 unspecified atom stereocenters. The summed E-state index contributed by atoms with van der Waals surface area (Å²) in [4.78, 5) is 35.3. The van der Waals surface area contributed by atoms with E-state index in [-0.39, 0.29) is 17.7 Å². The van der Waals surface area contributed by atoms with Crippen molar-refractivity contribution in [2.75, 3.05) is 19.9 Å². The fraction of sp³-hybridized carbons (Fsp3) is 0.320. The van der Waals surface area contributed by atoms with Gasteiger partial charge in [0.25, 0.3) is 5.91 Å². The number of alkyl halides is 2. The molecule has 1 amide bonds. The van der Waals surface area contributed by atoms with Crippen molar-refractivity contribution < 1.29 is 27.5 Å². The van der Waals surface area contributed by atoms with Gasteiger partial charge in [0.05, 0.1) is 11.3 Å². The molecule has 0 saturated carbocycles. The Labute approximate surface area is 194 Å². The van der Waals surface area contributed by atoms with Crippen LogP contribution in [0.3, 0.4) is 0 Å². The summed E-state index contributed by atoms with van der Waals surface area (Å²) in [6.07, 6.45) is 1.36. The molecular formula is C25H24F3N3O3. The molecule has 0 saturated heterocycles. The number of aromatic amines is 1. The maximum atomic E-state index is 13.8. The van der Waals surface area contributed by atoms with Crippen LogP contribution >= 0.6 is 0 Å². The minimum absolute atomic E-state index is 0.0577. The predicted molar refractivity (Wildman–Crippen MR) is 121 cm³/mol. The number of fused-ring (bicyclic) bond motifs is 3. The molecule has 1 N–H and O–H groups in total. The zero-order valence-corrected chi connectivity index (χ0v) is 19.0. The normalized spacial score (nSPS) is 15.1. The second kappa shape index (κ2) is 8.96. The minimum Gasteiger partial charge on any atom is -0.453 e. The van der Waals surface area contributed by atoms with Gasteiger partial charge in [-0.1, -0.05) is 13.8 Å². The average Bonchev–Trinajstić information content (AvgIpc) is 3.16. The van der Waals surface area contributed by atoms with Gasteiger partial charge >= 0.3 is 5.97 Å². The highest BCUT2D eigenvalue weighted by molar-refractivity contribution is 6.18. The van der Waals surface area contributed by atoms with Crippen molar-refractivity contribution in [3.05, 3.63) is 70.9 Å². The summed E-state index contributed by atoms with van der Waals surface area (Å²) in [6, 6.07) is 7.61. The number of nitrogens with zero attached hydrogens (tertiary/aromatic N) is 2. The number of aryl methyl sites for hydroxylation is 1. The number of rotatable bonds is 5. The van der Waals surface area contributed by atoms with Crippen molar-refractivity contribution in [1.29, 1.82) is 0 Å². The zero-order chi connectivity index (χ0) is 24.6. The third-order valence-electron chi connectivity index (χ3n) is 5.87. The van der Waals surface area contributed by atoms with E-state index in [9.17, 15) is 22.8 Å². The molecule has 0 fully saturated rings. The second-order valence-electron chi connectivity index (χ2n) is 8.93. The first-order valence-corrected chi connectivity index (χ1v) is 10.8. The lowest BCUT2D eigenvalue weighted by Gasteiger charge is -2.29. The van der Waals surface area contributed by atoms with Crippen LogP contribution in [0.25, 0.3) is 16.6 Å². The van der Waals surface area contributed by atoms with Gasteiger partial charge in [0.2, 0.25) is 0 Å². The van der Waals surface area contributed by atoms with E-state index in [4.69, 9.17) is 4.74 Å². The highest BCUT2D eigenvalue weighted by atomic mass is 19.1. The molecule has 0 bridgehead atoms. The van der Waals surface area contributed by atoms with Crippen molar-refractivity contribution in [2.45, 2.75) is 32.3 Å². The van der Waals surface area contributed by atoms with Crippen LogP contribution in [0.2, 0.25) is 0 Å². The highest BCUT2D eigenvalue weighted by Gasteiger charge is 2.38. The molecule has 0 atom stereocenters. The third-order valence-corrected chi connectivity index (χ3v) is 5.87. The molecule has 34 heavy (non-hydrogen) atoms. The summed E-state index contributed by atoms with van der Waals surface area (Å²) in [6.45, 7) is 3.19. The van der Waals surface area contributed by atoms with E-state index in [0.717, 1.165) is 10.9 Å². The van der Waals surface area contributed by atoms with Gasteiger partial charge in [0.1, 0.15) is 24.8 Å². The van der Waals surface area contributed by atoms with Crippen LogP contribution in [0.4, 0.5) is 13.2 Å². The average molecular weight is 471 g/mol. The van der Waals surface area contributed by atoms with Crippen molar-refractivity contribution >= 4 is 28.5 Å². The van der Waals surface area contributed by atoms with E-state index in [2.05, 4.69) is 9.97 Å². The predicted octanol–water partition coefficient (Wildman–Crippen LogP) is 4.64. The fourth-order valence-electron chi connectivity index (χ4n) is 4.25. The number of H-pyrrole nitrogens is 1. The van der Waals surface area contributed by atoms with Crippen molar-refractivity contribution in [3.63, 3.8) is 0 Å². The fourth-order valence-corrected chi connectivity index (χ4v) is 4.25. The Morgan fingerprint density at radius 2 is 1.97 bits per heavy atom. The Hall–Kier alpha value is -3.62. The number of nitrogens with one attached hydrogen (secondary N) is 1. The molecule has 6 nitrogen and oxygen atoms in total. The summed E-state index contributed by atoms with van der Waals surface area (Å²) in [5, 5.41) is 0.751. The van der Waals surface area contributed by atoms with Gasteiger partial charge in [-0.05, 0) is 48.4 Å². The number of benzene rings is 1. The minimum atomic E-state index is -1.56. The lowest BCUT2D eigenvalue weighted by molar-refractivity contribution is -0.143. The molecule has 4 rings (SSSR count). The summed E-state index contributed by atoms with van der Waals surface area (Å²) in [5.41, 5.74) is 1.44. The molecule has 2 aromatic heterocycles. The summed E-state index contributed by atoms with van der Waals surface area (Å²) in [7, 11) is 0. The summed E-state index contributed by atoms with van der Waals surface area (Å²) >= 11 is 0. The Morgan fingerprint density at radius 3 is 2.65 bits per heavy atom. The number of pyridine rings is 1. The van der Waals surface area contributed by atoms with E-state index in [0.29, 0.717) is 16.9 Å². The molecule has 0 spiro atoms. The number of ether oxygens (including phenoxy) is 1. The Balaban J connectivity index is 1.87. The number of halogens is 3. The standard InChI is InChI=1S/C25H24F3N3O3/c1-14-9-15(6-7-19(14)28)23(32)31-12-18(24(33)34-16(10-26)11-27)21-20(25(2,3)13-31)17-5-4-8-29-22(17)30-21/h4-9,12,16H,10-11,13H2,1-3H3,(H,29,30). The van der Waals surface area contributed by atoms with Gasteiger partial charge in [0, 0.05) is 35.3 Å². The monoisotopic (exact) mass is 471 g/mol. The Morgan fingerprint density at radius 1 is 1.24 bits per heavy atom. The van der Waals surface area contributed by atoms with Gasteiger partial charge in [-0.25, -0.2) is 22.9 Å². The van der Waals surface area contributed by atoms with Crippen LogP contribution in [0.1, 0.15) is 41.0 Å². The molecule has 0 aliphatic carbocycles. The SMILES string of the molecule is Cc1cc(C(=O)N2C=C(C(=O)OC(CF)CF)c3[nH]c4ncccc4c3C(C)(C)C2)ccc1F. The molecule has 3 heterocycles. The van der Waals surface area contributed by atoms with Crippen molar-refractivity contribution in [1.82, 2.24) is 14.9 Å². The number of aromatic nitrogens is 2. The molecule has 3 aromatic rings. The van der Waals surface area contributed by atoms with E-state index >= 15 is 0 Å². The van der Waals surface area contributed by atoms with Crippen LogP contribution in [-0.4, -0.2) is 52.7 Å². The maximum Gasteiger partial charge on any atom is 0.342 e. The summed E-state index contributed by atoms with van der Waals surface area (Å²) in [5.74, 6) is -1.87. The number of hydrogen-bond acceptors (Lipinski definition) is 4. The van der Waals surface area contributed by atoms with Crippen molar-refractivity contribution in [3.8, 4) is 0 Å². The largest absolute Gasteiger partial charge is 0.453 e. The Kier molecular flexibility index (Phi) is 6.20. The van der Waals surface area contributed by atoms with E-state index < -0.39 is 42.6 Å². The number of esters is 1. The maximum absolute atomic E-state index is 13.8. The van der Waals surface area contributed by atoms with E-state index in [1.807, 2.05) is 19.9 Å². The number of carbonyl (C=O) groups is 2. The van der Waals surface area contributed by atoms with E-state index in [1.165, 1.54) is 29.3 Å². The van der Waals surface area contributed by atoms with Gasteiger partial charge in [-0.3, -0.25) is 4.79 Å². The van der Waals surface area contributed by atoms with Crippen LogP contribution in [0.15, 0.2) is 42.7 Å². The van der Waals surface area contributed by atoms with Crippen LogP contribution in [0, 0.1) is 12.7 Å². The highest BCUT2D eigenvalue weighted by Crippen LogP contribution is 2.40. The zero-order valence-electron chi connectivity index (χ0n) is 19.0. The lowest BCUT2D eigenvalue weighted by Crippen LogP contribution is -2.37. The van der Waals surface area contributed by atoms with E-state index in [1.54, 1.807) is 19.2 Å². The molecule has 1 aliphatic rings. The van der Waals surface area contributed by atoms with Crippen molar-refractivity contribution in [2.24, 2.45) is 0 Å².